The fraction of sp³-hybridized carbons (Fsp3) is 0.474. The van der Waals surface area contributed by atoms with E-state index in [0.717, 1.165) is 17.7 Å². The first-order valence-electron chi connectivity index (χ1n) is 8.99. The van der Waals surface area contributed by atoms with Gasteiger partial charge in [-0.1, -0.05) is 12.1 Å². The number of quaternary nitrogens is 1. The van der Waals surface area contributed by atoms with Crippen LogP contribution >= 0.6 is 0 Å². The van der Waals surface area contributed by atoms with E-state index >= 15 is 0 Å². The first-order chi connectivity index (χ1) is 12.4. The maximum Gasteiger partial charge on any atom is 0.276 e. The molecular formula is C19H24N5O2+. The van der Waals surface area contributed by atoms with Crippen LogP contribution in [0.1, 0.15) is 32.5 Å². The molecule has 1 aliphatic carbocycles. The summed E-state index contributed by atoms with van der Waals surface area (Å²) >= 11 is 0. The van der Waals surface area contributed by atoms with Crippen LogP contribution in [-0.2, 0) is 11.3 Å². The van der Waals surface area contributed by atoms with E-state index in [0.29, 0.717) is 29.8 Å². The lowest BCUT2D eigenvalue weighted by Crippen LogP contribution is -3.11. The van der Waals surface area contributed by atoms with Crippen molar-refractivity contribution < 1.29 is 9.69 Å². The summed E-state index contributed by atoms with van der Waals surface area (Å²) in [6.45, 7) is 5.15. The molecule has 1 aliphatic rings. The molecule has 0 spiro atoms. The van der Waals surface area contributed by atoms with Gasteiger partial charge in [-0.25, -0.2) is 4.98 Å². The van der Waals surface area contributed by atoms with Gasteiger partial charge in [-0.15, -0.1) is 0 Å². The number of H-pyrrole nitrogens is 1. The lowest BCUT2D eigenvalue weighted by Gasteiger charge is -2.24. The third-order valence-electron chi connectivity index (χ3n) is 5.02. The van der Waals surface area contributed by atoms with Gasteiger partial charge < -0.3 is 15.2 Å². The SMILES string of the molecule is CC[NH+](CC(=O)N[C@](C)(C#N)C1CC1)Cc1nc2ccccc2c(=O)[nH]1. The third kappa shape index (κ3) is 3.92. The molecule has 0 bridgehead atoms. The number of carbonyl (C=O) groups is 1. The summed E-state index contributed by atoms with van der Waals surface area (Å²) in [6.07, 6.45) is 1.97. The van der Waals surface area contributed by atoms with Gasteiger partial charge in [0.1, 0.15) is 12.1 Å². The summed E-state index contributed by atoms with van der Waals surface area (Å²) in [7, 11) is 0. The Morgan fingerprint density at radius 3 is 2.85 bits per heavy atom. The largest absolute Gasteiger partial charge is 0.333 e. The zero-order valence-corrected chi connectivity index (χ0v) is 15.1. The zero-order valence-electron chi connectivity index (χ0n) is 15.1. The molecule has 1 aromatic carbocycles. The van der Waals surface area contributed by atoms with Crippen LogP contribution in [0, 0.1) is 17.2 Å². The Balaban J connectivity index is 1.69. The normalized spacial score (nSPS) is 17.3. The topological polar surface area (TPSA) is 103 Å². The molecule has 2 atom stereocenters. The first kappa shape index (κ1) is 18.1. The predicted molar refractivity (Wildman–Crippen MR) is 97.3 cm³/mol. The predicted octanol–water partition coefficient (Wildman–Crippen LogP) is 0.136. The summed E-state index contributed by atoms with van der Waals surface area (Å²) in [6, 6.07) is 9.43. The second-order valence-corrected chi connectivity index (χ2v) is 7.12. The number of hydrogen-bond donors (Lipinski definition) is 3. The number of benzene rings is 1. The third-order valence-corrected chi connectivity index (χ3v) is 5.02. The molecule has 7 nitrogen and oxygen atoms in total. The number of fused-ring (bicyclic) bond motifs is 1. The van der Waals surface area contributed by atoms with Crippen molar-refractivity contribution >= 4 is 16.8 Å². The number of carbonyl (C=O) groups excluding carboxylic acids is 1. The average Bonchev–Trinajstić information content (AvgIpc) is 3.46. The lowest BCUT2D eigenvalue weighted by molar-refractivity contribution is -0.904. The van der Waals surface area contributed by atoms with Crippen LogP contribution in [0.2, 0.25) is 0 Å². The summed E-state index contributed by atoms with van der Waals surface area (Å²) in [4.78, 5) is 32.9. The molecule has 1 amide bonds. The second-order valence-electron chi connectivity index (χ2n) is 7.12. The van der Waals surface area contributed by atoms with Crippen LogP contribution in [0.25, 0.3) is 10.9 Å². The van der Waals surface area contributed by atoms with Crippen molar-refractivity contribution in [1.82, 2.24) is 15.3 Å². The highest BCUT2D eigenvalue weighted by Crippen LogP contribution is 2.39. The summed E-state index contributed by atoms with van der Waals surface area (Å²) in [5.74, 6) is 0.657. The van der Waals surface area contributed by atoms with Gasteiger partial charge in [-0.2, -0.15) is 5.26 Å². The number of likely N-dealkylation sites (N-methyl/N-ethyl adjacent to an activating group) is 1. The molecule has 1 aromatic heterocycles. The number of nitriles is 1. The summed E-state index contributed by atoms with van der Waals surface area (Å²) < 4.78 is 0. The van der Waals surface area contributed by atoms with Gasteiger partial charge in [0.2, 0.25) is 0 Å². The quantitative estimate of drug-likeness (QED) is 0.658. The summed E-state index contributed by atoms with van der Waals surface area (Å²) in [5.41, 5.74) is -0.306. The van der Waals surface area contributed by atoms with Crippen molar-refractivity contribution in [2.24, 2.45) is 5.92 Å². The Morgan fingerprint density at radius 2 is 2.19 bits per heavy atom. The Morgan fingerprint density at radius 1 is 1.46 bits per heavy atom. The number of nitrogens with zero attached hydrogens (tertiary/aromatic N) is 2. The number of aromatic amines is 1. The molecular weight excluding hydrogens is 330 g/mol. The molecule has 7 heteroatoms. The zero-order chi connectivity index (χ0) is 18.7. The van der Waals surface area contributed by atoms with Crippen molar-refractivity contribution in [3.8, 4) is 6.07 Å². The van der Waals surface area contributed by atoms with E-state index in [2.05, 4.69) is 21.4 Å². The van der Waals surface area contributed by atoms with E-state index in [1.54, 1.807) is 25.1 Å². The molecule has 0 aliphatic heterocycles. The van der Waals surface area contributed by atoms with Crippen molar-refractivity contribution in [3.05, 3.63) is 40.4 Å². The minimum atomic E-state index is -0.786. The van der Waals surface area contributed by atoms with Crippen LogP contribution < -0.4 is 15.8 Å². The highest BCUT2D eigenvalue weighted by atomic mass is 16.2. The van der Waals surface area contributed by atoms with Gasteiger partial charge in [0.25, 0.3) is 11.5 Å². The van der Waals surface area contributed by atoms with Crippen LogP contribution in [0.15, 0.2) is 29.1 Å². The van der Waals surface area contributed by atoms with Gasteiger partial charge >= 0.3 is 0 Å². The van der Waals surface area contributed by atoms with Gasteiger partial charge in [-0.05, 0) is 44.7 Å². The number of amides is 1. The number of rotatable bonds is 7. The average molecular weight is 354 g/mol. The second kappa shape index (κ2) is 7.26. The number of hydrogen-bond acceptors (Lipinski definition) is 4. The molecule has 0 radical (unpaired) electrons. The monoisotopic (exact) mass is 354 g/mol. The Hall–Kier alpha value is -2.72. The van der Waals surface area contributed by atoms with Gasteiger partial charge in [0, 0.05) is 0 Å². The number of nitrogens with one attached hydrogen (secondary N) is 3. The molecule has 1 unspecified atom stereocenters. The minimum absolute atomic E-state index is 0.152. The molecule has 0 saturated heterocycles. The fourth-order valence-electron chi connectivity index (χ4n) is 3.21. The molecule has 2 aromatic rings. The highest BCUT2D eigenvalue weighted by Gasteiger charge is 2.43. The van der Waals surface area contributed by atoms with Gasteiger partial charge in [0.15, 0.2) is 12.4 Å². The maximum atomic E-state index is 12.4. The first-order valence-corrected chi connectivity index (χ1v) is 8.99. The minimum Gasteiger partial charge on any atom is -0.333 e. The number of para-hydroxylation sites is 1. The standard InChI is InChI=1S/C19H23N5O2/c1-3-24(11-17(25)23-19(2,12-20)13-8-9-13)10-16-21-15-7-5-4-6-14(15)18(26)22-16/h4-7,13H,3,8-11H2,1-2H3,(H,23,25)(H,21,22,26)/p+1/t19-/m1/s1. The van der Waals surface area contributed by atoms with Crippen molar-refractivity contribution in [2.45, 2.75) is 38.8 Å². The molecule has 3 N–H and O–H groups in total. The summed E-state index contributed by atoms with van der Waals surface area (Å²) in [5, 5.41) is 12.8. The fourth-order valence-corrected chi connectivity index (χ4v) is 3.21. The van der Waals surface area contributed by atoms with E-state index in [1.807, 2.05) is 13.0 Å². The smallest absolute Gasteiger partial charge is 0.276 e. The van der Waals surface area contributed by atoms with Crippen molar-refractivity contribution in [3.63, 3.8) is 0 Å². The Labute approximate surface area is 152 Å². The van der Waals surface area contributed by atoms with Crippen LogP contribution in [-0.4, -0.2) is 34.5 Å². The van der Waals surface area contributed by atoms with E-state index in [-0.39, 0.29) is 23.9 Å². The molecule has 3 rings (SSSR count). The molecule has 1 fully saturated rings. The van der Waals surface area contributed by atoms with Crippen molar-refractivity contribution in [2.75, 3.05) is 13.1 Å². The molecule has 26 heavy (non-hydrogen) atoms. The molecule has 1 heterocycles. The Bertz CT molecular complexity index is 912. The van der Waals surface area contributed by atoms with Crippen LogP contribution in [0.3, 0.4) is 0 Å². The Kier molecular flexibility index (Phi) is 5.05. The molecule has 1 saturated carbocycles. The van der Waals surface area contributed by atoms with Gasteiger partial charge in [0.05, 0.1) is 23.5 Å². The van der Waals surface area contributed by atoms with Crippen molar-refractivity contribution in [1.29, 1.82) is 5.26 Å². The van der Waals surface area contributed by atoms with E-state index < -0.39 is 5.54 Å². The molecule has 136 valence electrons. The van der Waals surface area contributed by atoms with Crippen LogP contribution in [0.5, 0.6) is 0 Å². The lowest BCUT2D eigenvalue weighted by atomic mass is 9.98. The van der Waals surface area contributed by atoms with Gasteiger partial charge in [-0.3, -0.25) is 9.59 Å². The van der Waals surface area contributed by atoms with E-state index in [1.165, 1.54) is 0 Å². The maximum absolute atomic E-state index is 12.4. The van der Waals surface area contributed by atoms with E-state index in [4.69, 9.17) is 0 Å². The van der Waals surface area contributed by atoms with E-state index in [9.17, 15) is 14.9 Å². The number of aromatic nitrogens is 2. The van der Waals surface area contributed by atoms with Crippen LogP contribution in [0.4, 0.5) is 0 Å². The highest BCUT2D eigenvalue weighted by molar-refractivity contribution is 5.78.